The second-order valence-corrected chi connectivity index (χ2v) is 5.78. The summed E-state index contributed by atoms with van der Waals surface area (Å²) in [6.45, 7) is 2.67. The number of hydrogen-bond acceptors (Lipinski definition) is 3. The summed E-state index contributed by atoms with van der Waals surface area (Å²) in [7, 11) is 0. The van der Waals surface area contributed by atoms with Crippen molar-refractivity contribution < 1.29 is 0 Å². The van der Waals surface area contributed by atoms with Gasteiger partial charge in [0.25, 0.3) is 0 Å². The largest absolute Gasteiger partial charge is 0.330 e. The second-order valence-electron chi connectivity index (χ2n) is 3.68. The molecule has 1 heterocycles. The maximum absolute atomic E-state index is 6.01. The van der Waals surface area contributed by atoms with Gasteiger partial charge in [-0.25, -0.2) is 4.98 Å². The molecule has 2 aromatic rings. The quantitative estimate of drug-likeness (QED) is 0.929. The minimum absolute atomic E-state index is 0.553. The zero-order chi connectivity index (χ0) is 12.4. The Morgan fingerprint density at radius 1 is 1.29 bits per heavy atom. The molecule has 90 valence electrons. The zero-order valence-corrected chi connectivity index (χ0v) is 11.7. The Bertz CT molecular complexity index is 537. The molecule has 0 fully saturated rings. The number of halogens is 2. The smallest absolute Gasteiger partial charge is 0.0947 e. The Balaban J connectivity index is 2.41. The van der Waals surface area contributed by atoms with Crippen LogP contribution in [0.4, 0.5) is 0 Å². The Labute approximate surface area is 114 Å². The van der Waals surface area contributed by atoms with E-state index in [9.17, 15) is 0 Å². The van der Waals surface area contributed by atoms with E-state index in [1.165, 1.54) is 4.88 Å². The predicted molar refractivity (Wildman–Crippen MR) is 75.1 cm³/mol. The van der Waals surface area contributed by atoms with Crippen LogP contribution in [0, 0.1) is 6.92 Å². The van der Waals surface area contributed by atoms with Crippen molar-refractivity contribution in [2.75, 3.05) is 6.54 Å². The minimum atomic E-state index is 0.553. The Morgan fingerprint density at radius 3 is 2.71 bits per heavy atom. The molecule has 2 N–H and O–H groups in total. The van der Waals surface area contributed by atoms with E-state index >= 15 is 0 Å². The van der Waals surface area contributed by atoms with Crippen LogP contribution in [-0.2, 0) is 6.42 Å². The van der Waals surface area contributed by atoms with Crippen LogP contribution in [-0.4, -0.2) is 11.5 Å². The number of hydrogen-bond donors (Lipinski definition) is 1. The van der Waals surface area contributed by atoms with Crippen LogP contribution < -0.4 is 5.73 Å². The Hall–Kier alpha value is -0.610. The van der Waals surface area contributed by atoms with Crippen molar-refractivity contribution in [2.24, 2.45) is 5.73 Å². The molecule has 0 amide bonds. The first-order valence-corrected chi connectivity index (χ1v) is 6.81. The fourth-order valence-electron chi connectivity index (χ4n) is 1.59. The van der Waals surface area contributed by atoms with Crippen LogP contribution in [0.25, 0.3) is 11.3 Å². The van der Waals surface area contributed by atoms with Gasteiger partial charge in [0.15, 0.2) is 0 Å². The van der Waals surface area contributed by atoms with Crippen molar-refractivity contribution in [3.05, 3.63) is 38.1 Å². The van der Waals surface area contributed by atoms with Gasteiger partial charge in [-0.1, -0.05) is 29.3 Å². The molecule has 0 saturated heterocycles. The van der Waals surface area contributed by atoms with Gasteiger partial charge in [0, 0.05) is 16.9 Å². The number of nitrogens with two attached hydrogens (primary N) is 1. The van der Waals surface area contributed by atoms with Gasteiger partial charge in [0.2, 0.25) is 0 Å². The van der Waals surface area contributed by atoms with Crippen LogP contribution in [0.1, 0.15) is 9.88 Å². The number of rotatable bonds is 3. The molecule has 1 aromatic heterocycles. The van der Waals surface area contributed by atoms with E-state index < -0.39 is 0 Å². The lowest BCUT2D eigenvalue weighted by molar-refractivity contribution is 0.954. The highest BCUT2D eigenvalue weighted by molar-refractivity contribution is 7.12. The van der Waals surface area contributed by atoms with Crippen LogP contribution in [0.3, 0.4) is 0 Å². The van der Waals surface area contributed by atoms with Gasteiger partial charge in [-0.05, 0) is 25.6 Å². The molecule has 1 aromatic carbocycles. The first-order chi connectivity index (χ1) is 8.11. The molecule has 0 aliphatic heterocycles. The van der Waals surface area contributed by atoms with E-state index in [1.54, 1.807) is 17.4 Å². The molecule has 0 spiro atoms. The highest BCUT2D eigenvalue weighted by Gasteiger charge is 2.10. The zero-order valence-electron chi connectivity index (χ0n) is 9.34. The monoisotopic (exact) mass is 286 g/mol. The molecule has 0 aliphatic rings. The summed E-state index contributed by atoms with van der Waals surface area (Å²) in [5.41, 5.74) is 7.50. The normalized spacial score (nSPS) is 10.8. The van der Waals surface area contributed by atoms with Gasteiger partial charge >= 0.3 is 0 Å². The van der Waals surface area contributed by atoms with Crippen molar-refractivity contribution in [1.82, 2.24) is 4.98 Å². The summed E-state index contributed by atoms with van der Waals surface area (Å²) in [6.07, 6.45) is 0.812. The van der Waals surface area contributed by atoms with Crippen molar-refractivity contribution >= 4 is 34.5 Å². The van der Waals surface area contributed by atoms with Gasteiger partial charge in [0.05, 0.1) is 20.7 Å². The molecular formula is C12H12Cl2N2S. The van der Waals surface area contributed by atoms with Gasteiger partial charge in [-0.3, -0.25) is 0 Å². The van der Waals surface area contributed by atoms with Gasteiger partial charge < -0.3 is 5.73 Å². The molecule has 0 saturated carbocycles. The van der Waals surface area contributed by atoms with E-state index in [2.05, 4.69) is 11.9 Å². The first-order valence-electron chi connectivity index (χ1n) is 5.23. The molecule has 5 heteroatoms. The average Bonchev–Trinajstić information content (AvgIpc) is 2.64. The lowest BCUT2D eigenvalue weighted by atomic mass is 10.1. The third-order valence-electron chi connectivity index (χ3n) is 2.39. The van der Waals surface area contributed by atoms with Gasteiger partial charge in [-0.2, -0.15) is 0 Å². The molecule has 0 bridgehead atoms. The molecular weight excluding hydrogens is 275 g/mol. The number of benzene rings is 1. The molecule has 0 atom stereocenters. The predicted octanol–water partition coefficient (Wildman–Crippen LogP) is 3.93. The van der Waals surface area contributed by atoms with E-state index in [4.69, 9.17) is 28.9 Å². The van der Waals surface area contributed by atoms with Crippen molar-refractivity contribution in [2.45, 2.75) is 13.3 Å². The summed E-state index contributed by atoms with van der Waals surface area (Å²) in [5.74, 6) is 0. The summed E-state index contributed by atoms with van der Waals surface area (Å²) in [4.78, 5) is 5.75. The molecule has 0 aliphatic carbocycles. The summed E-state index contributed by atoms with van der Waals surface area (Å²) in [6, 6.07) is 5.57. The number of aromatic nitrogens is 1. The molecule has 17 heavy (non-hydrogen) atoms. The van der Waals surface area contributed by atoms with Crippen LogP contribution in [0.5, 0.6) is 0 Å². The maximum atomic E-state index is 6.01. The van der Waals surface area contributed by atoms with E-state index in [1.807, 2.05) is 12.1 Å². The highest BCUT2D eigenvalue weighted by Crippen LogP contribution is 2.32. The van der Waals surface area contributed by atoms with Crippen molar-refractivity contribution in [3.8, 4) is 11.3 Å². The number of nitrogens with zero attached hydrogens (tertiary/aromatic N) is 1. The lowest BCUT2D eigenvalue weighted by Crippen LogP contribution is -2.01. The molecule has 0 radical (unpaired) electrons. The average molecular weight is 287 g/mol. The molecule has 2 rings (SSSR count). The minimum Gasteiger partial charge on any atom is -0.330 e. The van der Waals surface area contributed by atoms with E-state index in [0.717, 1.165) is 22.7 Å². The van der Waals surface area contributed by atoms with Crippen LogP contribution in [0.2, 0.25) is 10.0 Å². The summed E-state index contributed by atoms with van der Waals surface area (Å²) < 4.78 is 0. The van der Waals surface area contributed by atoms with Crippen molar-refractivity contribution in [3.63, 3.8) is 0 Å². The maximum Gasteiger partial charge on any atom is 0.0947 e. The fraction of sp³-hybridized carbons (Fsp3) is 0.250. The van der Waals surface area contributed by atoms with Crippen molar-refractivity contribution in [1.29, 1.82) is 0 Å². The first kappa shape index (κ1) is 12.8. The topological polar surface area (TPSA) is 38.9 Å². The fourth-order valence-corrected chi connectivity index (χ4v) is 2.86. The SMILES string of the molecule is Cc1sc(CCN)nc1-c1ccc(Cl)c(Cl)c1. The Kier molecular flexibility index (Phi) is 4.05. The van der Waals surface area contributed by atoms with Gasteiger partial charge in [-0.15, -0.1) is 11.3 Å². The van der Waals surface area contributed by atoms with Gasteiger partial charge in [0.1, 0.15) is 0 Å². The summed E-state index contributed by atoms with van der Waals surface area (Å²) in [5, 5.41) is 2.17. The van der Waals surface area contributed by atoms with Crippen LogP contribution in [0.15, 0.2) is 18.2 Å². The Morgan fingerprint density at radius 2 is 2.06 bits per heavy atom. The highest BCUT2D eigenvalue weighted by atomic mass is 35.5. The number of thiazole rings is 1. The summed E-state index contributed by atoms with van der Waals surface area (Å²) >= 11 is 13.6. The molecule has 0 unspecified atom stereocenters. The van der Waals surface area contributed by atoms with E-state index in [0.29, 0.717) is 16.6 Å². The second kappa shape index (κ2) is 5.36. The third-order valence-corrected chi connectivity index (χ3v) is 4.16. The molecule has 2 nitrogen and oxygen atoms in total. The standard InChI is InChI=1S/C12H12Cl2N2S/c1-7-12(16-11(17-7)4-5-15)8-2-3-9(13)10(14)6-8/h2-3,6H,4-5,15H2,1H3. The third kappa shape index (κ3) is 2.80. The lowest BCUT2D eigenvalue weighted by Gasteiger charge is -2.01. The van der Waals surface area contributed by atoms with E-state index in [-0.39, 0.29) is 0 Å². The number of aryl methyl sites for hydroxylation is 1. The van der Waals surface area contributed by atoms with Crippen LogP contribution >= 0.6 is 34.5 Å².